The molecule has 0 saturated heterocycles. The molecule has 0 fully saturated rings. The van der Waals surface area contributed by atoms with Gasteiger partial charge >= 0.3 is 12.0 Å². The van der Waals surface area contributed by atoms with Gasteiger partial charge in [0.05, 0.1) is 35.8 Å². The first-order valence-electron chi connectivity index (χ1n) is 12.4. The number of pyridine rings is 1. The van der Waals surface area contributed by atoms with Crippen molar-refractivity contribution in [3.63, 3.8) is 0 Å². The summed E-state index contributed by atoms with van der Waals surface area (Å²) in [6.45, 7) is 4.28. The van der Waals surface area contributed by atoms with Crippen molar-refractivity contribution in [2.45, 2.75) is 32.6 Å². The molecule has 0 spiro atoms. The highest BCUT2D eigenvalue weighted by atomic mass is 16.5. The number of benzene rings is 2. The number of ether oxygens (including phenoxy) is 1. The van der Waals surface area contributed by atoms with Crippen LogP contribution < -0.4 is 20.7 Å². The van der Waals surface area contributed by atoms with Crippen molar-refractivity contribution in [3.05, 3.63) is 77.2 Å². The highest BCUT2D eigenvalue weighted by Crippen LogP contribution is 2.26. The number of rotatable bonds is 10. The molecule has 0 aliphatic carbocycles. The minimum Gasteiger partial charge on any atom is -0.495 e. The number of aromatic nitrogens is 3. The van der Waals surface area contributed by atoms with Gasteiger partial charge in [-0.05, 0) is 60.9 Å². The van der Waals surface area contributed by atoms with E-state index in [-0.39, 0.29) is 23.8 Å². The molecule has 0 bridgehead atoms. The first-order chi connectivity index (χ1) is 18.7. The van der Waals surface area contributed by atoms with Gasteiger partial charge in [-0.3, -0.25) is 10.1 Å². The molecular formula is C28H30N6O5. The molecule has 5 N–H and O–H groups in total. The van der Waals surface area contributed by atoms with E-state index in [0.717, 1.165) is 17.0 Å². The number of nitrogens with one attached hydrogen (secondary N) is 4. The normalized spacial score (nSPS) is 11.6. The Morgan fingerprint density at radius 2 is 1.92 bits per heavy atom. The second-order valence-electron chi connectivity index (χ2n) is 9.16. The molecule has 2 aromatic carbocycles. The van der Waals surface area contributed by atoms with Gasteiger partial charge in [0.15, 0.2) is 0 Å². The lowest BCUT2D eigenvalue weighted by Crippen LogP contribution is -2.27. The summed E-state index contributed by atoms with van der Waals surface area (Å²) < 4.78 is 5.42. The Balaban J connectivity index is 1.28. The molecule has 4 rings (SSSR count). The highest BCUT2D eigenvalue weighted by molar-refractivity contribution is 6.00. The number of fused-ring (bicyclic) bond motifs is 1. The zero-order valence-corrected chi connectivity index (χ0v) is 21.9. The number of imidazole rings is 1. The monoisotopic (exact) mass is 530 g/mol. The Morgan fingerprint density at radius 1 is 1.10 bits per heavy atom. The molecule has 4 aromatic rings. The van der Waals surface area contributed by atoms with Gasteiger partial charge in [-0.2, -0.15) is 0 Å². The lowest BCUT2D eigenvalue weighted by atomic mass is 10.1. The van der Waals surface area contributed by atoms with Crippen LogP contribution in [0.5, 0.6) is 5.75 Å². The minimum absolute atomic E-state index is 0.0254. The van der Waals surface area contributed by atoms with Crippen molar-refractivity contribution in [3.8, 4) is 5.75 Å². The summed E-state index contributed by atoms with van der Waals surface area (Å²) in [5, 5.41) is 17.5. The fraction of sp³-hybridized carbons (Fsp3) is 0.250. The SMILES string of the molecule is COc1cc(CC(=O)NCCC(C)c2nc3ccc(C(=O)O)cc3[nH]2)ccc1NC(=O)Nc1ncccc1C. The number of methoxy groups -OCH3 is 1. The van der Waals surface area contributed by atoms with Crippen LogP contribution in [-0.2, 0) is 11.2 Å². The lowest BCUT2D eigenvalue weighted by Gasteiger charge is -2.13. The molecule has 11 nitrogen and oxygen atoms in total. The molecule has 0 saturated carbocycles. The number of carbonyl (C=O) groups excluding carboxylic acids is 2. The molecule has 1 atom stereocenters. The average molecular weight is 531 g/mol. The van der Waals surface area contributed by atoms with E-state index < -0.39 is 12.0 Å². The molecule has 2 aromatic heterocycles. The van der Waals surface area contributed by atoms with E-state index in [1.807, 2.05) is 19.9 Å². The van der Waals surface area contributed by atoms with Gasteiger partial charge in [-0.25, -0.2) is 19.6 Å². The van der Waals surface area contributed by atoms with Crippen molar-refractivity contribution in [1.29, 1.82) is 0 Å². The van der Waals surface area contributed by atoms with Crippen LogP contribution in [0.4, 0.5) is 16.3 Å². The van der Waals surface area contributed by atoms with E-state index in [2.05, 4.69) is 30.9 Å². The van der Waals surface area contributed by atoms with Crippen LogP contribution in [0.1, 0.15) is 46.6 Å². The van der Waals surface area contributed by atoms with Crippen molar-refractivity contribution < 1.29 is 24.2 Å². The number of carboxylic acids is 1. The number of aromatic amines is 1. The Bertz CT molecular complexity index is 1520. The maximum Gasteiger partial charge on any atom is 0.335 e. The average Bonchev–Trinajstić information content (AvgIpc) is 3.34. The Hall–Kier alpha value is -4.93. The fourth-order valence-corrected chi connectivity index (χ4v) is 4.03. The van der Waals surface area contributed by atoms with Gasteiger partial charge in [0, 0.05) is 18.7 Å². The molecular weight excluding hydrogens is 500 g/mol. The number of aryl methyl sites for hydroxylation is 1. The molecule has 0 aliphatic heterocycles. The molecule has 0 aliphatic rings. The Kier molecular flexibility index (Phi) is 8.40. The molecule has 39 heavy (non-hydrogen) atoms. The molecule has 3 amide bonds. The number of nitrogens with zero attached hydrogens (tertiary/aromatic N) is 2. The lowest BCUT2D eigenvalue weighted by molar-refractivity contribution is -0.120. The first kappa shape index (κ1) is 27.1. The third-order valence-electron chi connectivity index (χ3n) is 6.23. The van der Waals surface area contributed by atoms with E-state index >= 15 is 0 Å². The summed E-state index contributed by atoms with van der Waals surface area (Å²) in [6, 6.07) is 13.1. The molecule has 0 radical (unpaired) electrons. The number of carbonyl (C=O) groups is 3. The van der Waals surface area contributed by atoms with Gasteiger partial charge in [0.25, 0.3) is 0 Å². The first-order valence-corrected chi connectivity index (χ1v) is 12.4. The smallest absolute Gasteiger partial charge is 0.335 e. The highest BCUT2D eigenvalue weighted by Gasteiger charge is 2.15. The van der Waals surface area contributed by atoms with E-state index in [9.17, 15) is 14.4 Å². The maximum absolute atomic E-state index is 12.6. The predicted octanol–water partition coefficient (Wildman–Crippen LogP) is 4.47. The van der Waals surface area contributed by atoms with Crippen molar-refractivity contribution in [2.24, 2.45) is 0 Å². The van der Waals surface area contributed by atoms with E-state index in [1.165, 1.54) is 13.2 Å². The Labute approximate surface area is 225 Å². The van der Waals surface area contributed by atoms with Gasteiger partial charge in [0.2, 0.25) is 5.91 Å². The summed E-state index contributed by atoms with van der Waals surface area (Å²) >= 11 is 0. The van der Waals surface area contributed by atoms with Crippen LogP contribution in [0.2, 0.25) is 0 Å². The van der Waals surface area contributed by atoms with Crippen LogP contribution >= 0.6 is 0 Å². The molecule has 1 unspecified atom stereocenters. The van der Waals surface area contributed by atoms with Crippen LogP contribution in [0.3, 0.4) is 0 Å². The Morgan fingerprint density at radius 3 is 2.67 bits per heavy atom. The van der Waals surface area contributed by atoms with E-state index in [4.69, 9.17) is 9.84 Å². The number of aromatic carboxylic acids is 1. The summed E-state index contributed by atoms with van der Waals surface area (Å²) in [5.41, 5.74) is 3.58. The van der Waals surface area contributed by atoms with Crippen molar-refractivity contribution in [2.75, 3.05) is 24.3 Å². The third-order valence-corrected chi connectivity index (χ3v) is 6.23. The van der Waals surface area contributed by atoms with Gasteiger partial charge < -0.3 is 25.5 Å². The third kappa shape index (κ3) is 6.89. The number of urea groups is 1. The summed E-state index contributed by atoms with van der Waals surface area (Å²) in [7, 11) is 1.49. The molecule has 2 heterocycles. The minimum atomic E-state index is -0.992. The second-order valence-corrected chi connectivity index (χ2v) is 9.16. The van der Waals surface area contributed by atoms with Crippen LogP contribution in [0.25, 0.3) is 11.0 Å². The zero-order valence-electron chi connectivity index (χ0n) is 21.9. The second kappa shape index (κ2) is 12.1. The van der Waals surface area contributed by atoms with Crippen molar-refractivity contribution >= 4 is 40.4 Å². The molecule has 11 heteroatoms. The predicted molar refractivity (Wildman–Crippen MR) is 147 cm³/mol. The number of hydrogen-bond acceptors (Lipinski definition) is 6. The van der Waals surface area contributed by atoms with Gasteiger partial charge in [-0.1, -0.05) is 19.1 Å². The largest absolute Gasteiger partial charge is 0.495 e. The van der Waals surface area contributed by atoms with Crippen LogP contribution in [-0.4, -0.2) is 51.6 Å². The fourth-order valence-electron chi connectivity index (χ4n) is 4.03. The summed E-state index contributed by atoms with van der Waals surface area (Å²) in [4.78, 5) is 48.0. The quantitative estimate of drug-likeness (QED) is 0.202. The number of H-pyrrole nitrogens is 1. The van der Waals surface area contributed by atoms with E-state index in [0.29, 0.717) is 41.3 Å². The zero-order chi connectivity index (χ0) is 27.9. The van der Waals surface area contributed by atoms with Gasteiger partial charge in [0.1, 0.15) is 17.4 Å². The number of amides is 3. The number of carboxylic acid groups (broad SMARTS) is 1. The summed E-state index contributed by atoms with van der Waals surface area (Å²) in [5.74, 6) is 0.508. The number of hydrogen-bond donors (Lipinski definition) is 5. The van der Waals surface area contributed by atoms with Gasteiger partial charge in [-0.15, -0.1) is 0 Å². The van der Waals surface area contributed by atoms with Crippen LogP contribution in [0, 0.1) is 6.92 Å². The summed E-state index contributed by atoms with van der Waals surface area (Å²) in [6.07, 6.45) is 2.39. The van der Waals surface area contributed by atoms with Crippen molar-refractivity contribution in [1.82, 2.24) is 20.3 Å². The van der Waals surface area contributed by atoms with E-state index in [1.54, 1.807) is 42.6 Å². The molecule has 202 valence electrons. The topological polar surface area (TPSA) is 158 Å². The maximum atomic E-state index is 12.6. The standard InChI is InChI=1S/C28H30N6O5/c1-16-5-4-11-30-25(16)34-28(38)33-21-8-6-18(13-23(21)39-3)14-24(35)29-12-10-17(2)26-31-20-9-7-19(27(36)37)15-22(20)32-26/h4-9,11,13,15,17H,10,12,14H2,1-3H3,(H,29,35)(H,31,32)(H,36,37)(H2,30,33,34,38). The van der Waals surface area contributed by atoms with Crippen LogP contribution in [0.15, 0.2) is 54.7 Å². The number of anilines is 2.